The molecule has 1 heterocycles. The Bertz CT molecular complexity index is 783. The zero-order valence-electron chi connectivity index (χ0n) is 10.2. The number of rotatable bonds is 3. The highest BCUT2D eigenvalue weighted by Gasteiger charge is 2.05. The number of halogens is 1. The van der Waals surface area contributed by atoms with Crippen molar-refractivity contribution in [3.8, 4) is 0 Å². The minimum absolute atomic E-state index is 0.0490. The summed E-state index contributed by atoms with van der Waals surface area (Å²) in [5.41, 5.74) is 4.54. The molecule has 100 valence electrons. The second-order valence-corrected chi connectivity index (χ2v) is 4.63. The predicted molar refractivity (Wildman–Crippen MR) is 76.9 cm³/mol. The fourth-order valence-corrected chi connectivity index (χ4v) is 2.00. The smallest absolute Gasteiger partial charge is 0.269 e. The van der Waals surface area contributed by atoms with Crippen molar-refractivity contribution < 1.29 is 4.92 Å². The molecule has 1 N–H and O–H groups in total. The third-order valence-corrected chi connectivity index (χ3v) is 3.03. The molecule has 0 radical (unpaired) electrons. The number of nitrogens with one attached hydrogen (secondary N) is 1. The first kappa shape index (κ1) is 12.4. The van der Waals surface area contributed by atoms with E-state index in [1.807, 2.05) is 12.3 Å². The van der Waals surface area contributed by atoms with E-state index in [1.165, 1.54) is 12.1 Å². The second kappa shape index (κ2) is 4.82. The number of nitro benzene ring substituents is 1. The monoisotopic (exact) mass is 288 g/mol. The van der Waals surface area contributed by atoms with Crippen LogP contribution in [0.15, 0.2) is 48.7 Å². The van der Waals surface area contributed by atoms with Gasteiger partial charge in [-0.25, -0.2) is 0 Å². The normalized spacial score (nSPS) is 10.7. The van der Waals surface area contributed by atoms with Crippen LogP contribution in [-0.4, -0.2) is 14.8 Å². The molecule has 0 saturated heterocycles. The van der Waals surface area contributed by atoms with Crippen LogP contribution in [0.3, 0.4) is 0 Å². The second-order valence-electron chi connectivity index (χ2n) is 4.19. The lowest BCUT2D eigenvalue weighted by Gasteiger charge is -2.04. The Balaban J connectivity index is 1.87. The topological polar surface area (TPSA) is 73.0 Å². The van der Waals surface area contributed by atoms with Crippen LogP contribution in [0, 0.1) is 10.1 Å². The maximum atomic E-state index is 10.6. The standard InChI is InChI=1S/C13H9ClN4O2/c14-10-2-1-9-8-17(16-13(9)7-10)15-11-3-5-12(6-4-11)18(19)20/h1-8,15H. The number of nitro groups is 1. The van der Waals surface area contributed by atoms with E-state index in [2.05, 4.69) is 10.5 Å². The van der Waals surface area contributed by atoms with Crippen LogP contribution in [0.5, 0.6) is 0 Å². The molecule has 7 heteroatoms. The number of nitrogens with zero attached hydrogens (tertiary/aromatic N) is 3. The van der Waals surface area contributed by atoms with Gasteiger partial charge in [0.25, 0.3) is 5.69 Å². The van der Waals surface area contributed by atoms with Gasteiger partial charge in [-0.05, 0) is 30.3 Å². The van der Waals surface area contributed by atoms with Gasteiger partial charge < -0.3 is 0 Å². The van der Waals surface area contributed by atoms with Gasteiger partial charge in [-0.15, -0.1) is 0 Å². The first-order chi connectivity index (χ1) is 9.61. The molecule has 0 aliphatic carbocycles. The predicted octanol–water partition coefficient (Wildman–Crippen LogP) is 3.47. The Hall–Kier alpha value is -2.60. The number of fused-ring (bicyclic) bond motifs is 1. The highest BCUT2D eigenvalue weighted by molar-refractivity contribution is 6.31. The van der Waals surface area contributed by atoms with Crippen molar-refractivity contribution in [3.05, 3.63) is 63.8 Å². The van der Waals surface area contributed by atoms with E-state index in [4.69, 9.17) is 11.6 Å². The van der Waals surface area contributed by atoms with Gasteiger partial charge in [-0.1, -0.05) is 11.6 Å². The van der Waals surface area contributed by atoms with E-state index in [-0.39, 0.29) is 5.69 Å². The summed E-state index contributed by atoms with van der Waals surface area (Å²) >= 11 is 5.90. The molecular formula is C13H9ClN4O2. The van der Waals surface area contributed by atoms with Crippen LogP contribution >= 0.6 is 11.6 Å². The van der Waals surface area contributed by atoms with Crippen molar-refractivity contribution in [3.63, 3.8) is 0 Å². The zero-order valence-corrected chi connectivity index (χ0v) is 10.9. The third kappa shape index (κ3) is 2.41. The van der Waals surface area contributed by atoms with Crippen LogP contribution in [-0.2, 0) is 0 Å². The molecule has 3 aromatic rings. The third-order valence-electron chi connectivity index (χ3n) is 2.79. The molecule has 0 fully saturated rings. The Kier molecular flexibility index (Phi) is 3.00. The quantitative estimate of drug-likeness (QED) is 0.591. The number of anilines is 1. The van der Waals surface area contributed by atoms with Crippen LogP contribution in [0.1, 0.15) is 0 Å². The van der Waals surface area contributed by atoms with Gasteiger partial charge >= 0.3 is 0 Å². The summed E-state index contributed by atoms with van der Waals surface area (Å²) in [6, 6.07) is 11.5. The number of hydrogen-bond acceptors (Lipinski definition) is 4. The summed E-state index contributed by atoms with van der Waals surface area (Å²) in [5.74, 6) is 0. The van der Waals surface area contributed by atoms with Gasteiger partial charge in [0.1, 0.15) is 0 Å². The maximum absolute atomic E-state index is 10.6. The summed E-state index contributed by atoms with van der Waals surface area (Å²) in [7, 11) is 0. The summed E-state index contributed by atoms with van der Waals surface area (Å²) in [6.07, 6.45) is 1.81. The lowest BCUT2D eigenvalue weighted by atomic mass is 10.3. The number of hydrogen-bond donors (Lipinski definition) is 1. The molecule has 3 rings (SSSR count). The molecule has 20 heavy (non-hydrogen) atoms. The Morgan fingerprint density at radius 2 is 1.95 bits per heavy atom. The van der Waals surface area contributed by atoms with E-state index >= 15 is 0 Å². The molecule has 0 aliphatic rings. The van der Waals surface area contributed by atoms with Crippen LogP contribution < -0.4 is 5.43 Å². The van der Waals surface area contributed by atoms with E-state index in [1.54, 1.807) is 29.1 Å². The molecule has 0 atom stereocenters. The van der Waals surface area contributed by atoms with Crippen molar-refractivity contribution in [2.75, 3.05) is 5.43 Å². The van der Waals surface area contributed by atoms with Crippen molar-refractivity contribution >= 4 is 33.9 Å². The Morgan fingerprint density at radius 1 is 1.20 bits per heavy atom. The first-order valence-corrected chi connectivity index (χ1v) is 6.16. The zero-order chi connectivity index (χ0) is 14.1. The van der Waals surface area contributed by atoms with Gasteiger partial charge in [0.2, 0.25) is 0 Å². The summed E-state index contributed by atoms with van der Waals surface area (Å²) in [6.45, 7) is 0. The number of benzene rings is 2. The molecule has 0 saturated carbocycles. The average Bonchev–Trinajstić information content (AvgIpc) is 2.80. The molecule has 1 aromatic heterocycles. The fraction of sp³-hybridized carbons (Fsp3) is 0. The lowest BCUT2D eigenvalue weighted by Crippen LogP contribution is -2.08. The molecule has 0 unspecified atom stereocenters. The van der Waals surface area contributed by atoms with Crippen LogP contribution in [0.4, 0.5) is 11.4 Å². The lowest BCUT2D eigenvalue weighted by molar-refractivity contribution is -0.384. The Labute approximate surface area is 118 Å². The first-order valence-electron chi connectivity index (χ1n) is 5.78. The number of aromatic nitrogens is 2. The Morgan fingerprint density at radius 3 is 2.65 bits per heavy atom. The van der Waals surface area contributed by atoms with Crippen molar-refractivity contribution in [1.29, 1.82) is 0 Å². The van der Waals surface area contributed by atoms with E-state index in [9.17, 15) is 10.1 Å². The van der Waals surface area contributed by atoms with Crippen LogP contribution in [0.25, 0.3) is 10.9 Å². The van der Waals surface area contributed by atoms with E-state index in [0.717, 1.165) is 10.9 Å². The van der Waals surface area contributed by atoms with Gasteiger partial charge in [-0.3, -0.25) is 15.5 Å². The largest absolute Gasteiger partial charge is 0.278 e. The van der Waals surface area contributed by atoms with Crippen molar-refractivity contribution in [2.45, 2.75) is 0 Å². The van der Waals surface area contributed by atoms with E-state index < -0.39 is 4.92 Å². The molecule has 0 spiro atoms. The minimum Gasteiger partial charge on any atom is -0.278 e. The van der Waals surface area contributed by atoms with Crippen LogP contribution in [0.2, 0.25) is 5.02 Å². The maximum Gasteiger partial charge on any atom is 0.269 e. The van der Waals surface area contributed by atoms with Gasteiger partial charge in [-0.2, -0.15) is 9.89 Å². The highest BCUT2D eigenvalue weighted by Crippen LogP contribution is 2.19. The molecule has 2 aromatic carbocycles. The summed E-state index contributed by atoms with van der Waals surface area (Å²) in [5, 5.41) is 16.5. The molecule has 6 nitrogen and oxygen atoms in total. The van der Waals surface area contributed by atoms with Gasteiger partial charge in [0.05, 0.1) is 22.3 Å². The highest BCUT2D eigenvalue weighted by atomic mass is 35.5. The SMILES string of the molecule is O=[N+]([O-])c1ccc(Nn2cc3ccc(Cl)cc3n2)cc1. The molecule has 0 aliphatic heterocycles. The molecular weight excluding hydrogens is 280 g/mol. The molecule has 0 bridgehead atoms. The minimum atomic E-state index is -0.437. The van der Waals surface area contributed by atoms with Gasteiger partial charge in [0.15, 0.2) is 0 Å². The fourth-order valence-electron chi connectivity index (χ4n) is 1.84. The summed E-state index contributed by atoms with van der Waals surface area (Å²) < 4.78 is 0. The van der Waals surface area contributed by atoms with Crippen molar-refractivity contribution in [2.24, 2.45) is 0 Å². The summed E-state index contributed by atoms with van der Waals surface area (Å²) in [4.78, 5) is 11.7. The van der Waals surface area contributed by atoms with Gasteiger partial charge in [0, 0.05) is 22.5 Å². The number of non-ortho nitro benzene ring substituents is 1. The average molecular weight is 289 g/mol. The molecule has 0 amide bonds. The van der Waals surface area contributed by atoms with Crippen molar-refractivity contribution in [1.82, 2.24) is 9.89 Å². The van der Waals surface area contributed by atoms with E-state index in [0.29, 0.717) is 10.7 Å².